The highest BCUT2D eigenvalue weighted by Gasteiger charge is 2.14. The topological polar surface area (TPSA) is 74.2 Å². The Morgan fingerprint density at radius 1 is 0.964 bits per heavy atom. The molecule has 0 amide bonds. The van der Waals surface area contributed by atoms with Gasteiger partial charge in [0.15, 0.2) is 11.5 Å². The summed E-state index contributed by atoms with van der Waals surface area (Å²) in [6, 6.07) is 6.75. The maximum atomic E-state index is 12.3. The number of phenolic OH excluding ortho intramolecular Hbond substituents is 1. The number of hydrogen-bond acceptors (Lipinski definition) is 6. The average molecular weight is 386 g/mol. The number of carbonyl (C=O) groups excluding carboxylic acids is 1. The predicted octanol–water partition coefficient (Wildman–Crippen LogP) is 4.47. The molecule has 6 heteroatoms. The molecule has 2 aromatic rings. The normalized spacial score (nSPS) is 11.0. The number of benzene rings is 2. The third-order valence-electron chi connectivity index (χ3n) is 4.26. The van der Waals surface area contributed by atoms with Crippen LogP contribution >= 0.6 is 0 Å². The zero-order valence-electron chi connectivity index (χ0n) is 17.0. The van der Waals surface area contributed by atoms with Crippen LogP contribution in [0.4, 0.5) is 0 Å². The van der Waals surface area contributed by atoms with E-state index in [9.17, 15) is 9.90 Å². The van der Waals surface area contributed by atoms with Crippen molar-refractivity contribution < 1.29 is 28.8 Å². The summed E-state index contributed by atoms with van der Waals surface area (Å²) in [5, 5.41) is 10.0. The summed E-state index contributed by atoms with van der Waals surface area (Å²) >= 11 is 0. The van der Waals surface area contributed by atoms with E-state index in [2.05, 4.69) is 0 Å². The highest BCUT2D eigenvalue weighted by molar-refractivity contribution is 5.89. The lowest BCUT2D eigenvalue weighted by Gasteiger charge is -2.13. The van der Waals surface area contributed by atoms with Crippen molar-refractivity contribution in [3.63, 3.8) is 0 Å². The molecule has 2 rings (SSSR count). The number of aryl methyl sites for hydroxylation is 1. The number of esters is 1. The van der Waals surface area contributed by atoms with Gasteiger partial charge in [0.25, 0.3) is 0 Å². The van der Waals surface area contributed by atoms with Crippen LogP contribution in [0.5, 0.6) is 28.7 Å². The first-order valence-corrected chi connectivity index (χ1v) is 8.84. The van der Waals surface area contributed by atoms with Crippen molar-refractivity contribution in [2.75, 3.05) is 21.3 Å². The summed E-state index contributed by atoms with van der Waals surface area (Å²) in [7, 11) is 4.58. The lowest BCUT2D eigenvalue weighted by Crippen LogP contribution is -2.06. The molecule has 0 saturated carbocycles. The molecule has 150 valence electrons. The predicted molar refractivity (Wildman–Crippen MR) is 108 cm³/mol. The van der Waals surface area contributed by atoms with Crippen molar-refractivity contribution in [1.82, 2.24) is 0 Å². The standard InChI is InChI=1S/C22H26O6/c1-13(2)16-12-18(14(3)9-17(16)23)28-21(24)8-7-15-10-19(25-4)22(27-6)20(11-15)26-5/h7-13,23H,1-6H3/b8-7+. The fourth-order valence-corrected chi connectivity index (χ4v) is 2.77. The zero-order chi connectivity index (χ0) is 20.8. The average Bonchev–Trinajstić information content (AvgIpc) is 2.67. The van der Waals surface area contributed by atoms with Gasteiger partial charge in [0.1, 0.15) is 11.5 Å². The summed E-state index contributed by atoms with van der Waals surface area (Å²) in [4.78, 5) is 12.3. The smallest absolute Gasteiger partial charge is 0.336 e. The summed E-state index contributed by atoms with van der Waals surface area (Å²) in [6.07, 6.45) is 2.92. The second kappa shape index (κ2) is 9.17. The second-order valence-corrected chi connectivity index (χ2v) is 6.54. The van der Waals surface area contributed by atoms with Crippen LogP contribution < -0.4 is 18.9 Å². The molecule has 0 unspecified atom stereocenters. The molecule has 0 aromatic heterocycles. The van der Waals surface area contributed by atoms with Gasteiger partial charge in [-0.1, -0.05) is 13.8 Å². The SMILES string of the molecule is COc1cc(/C=C/C(=O)Oc2cc(C(C)C)c(O)cc2C)cc(OC)c1OC. The molecular formula is C22H26O6. The molecule has 0 aliphatic rings. The molecule has 28 heavy (non-hydrogen) atoms. The first kappa shape index (κ1) is 21.2. The van der Waals surface area contributed by atoms with Gasteiger partial charge >= 0.3 is 5.97 Å². The molecule has 1 N–H and O–H groups in total. The Bertz CT molecular complexity index is 858. The second-order valence-electron chi connectivity index (χ2n) is 6.54. The number of carbonyl (C=O) groups is 1. The Hall–Kier alpha value is -3.15. The molecule has 0 aliphatic carbocycles. The van der Waals surface area contributed by atoms with Crippen molar-refractivity contribution in [3.05, 3.63) is 47.0 Å². The minimum atomic E-state index is -0.530. The van der Waals surface area contributed by atoms with E-state index in [0.717, 1.165) is 5.56 Å². The molecule has 0 atom stereocenters. The van der Waals surface area contributed by atoms with Crippen molar-refractivity contribution in [1.29, 1.82) is 0 Å². The number of hydrogen-bond donors (Lipinski definition) is 1. The van der Waals surface area contributed by atoms with E-state index in [1.807, 2.05) is 13.8 Å². The van der Waals surface area contributed by atoms with Crippen LogP contribution in [-0.2, 0) is 4.79 Å². The molecular weight excluding hydrogens is 360 g/mol. The van der Waals surface area contributed by atoms with Gasteiger partial charge in [-0.05, 0) is 54.3 Å². The third kappa shape index (κ3) is 4.76. The van der Waals surface area contributed by atoms with Gasteiger partial charge in [-0.2, -0.15) is 0 Å². The summed E-state index contributed by atoms with van der Waals surface area (Å²) < 4.78 is 21.3. The molecule has 2 aromatic carbocycles. The van der Waals surface area contributed by atoms with E-state index in [0.29, 0.717) is 34.1 Å². The van der Waals surface area contributed by atoms with Crippen LogP contribution in [0, 0.1) is 6.92 Å². The fourth-order valence-electron chi connectivity index (χ4n) is 2.77. The number of ether oxygens (including phenoxy) is 4. The summed E-state index contributed by atoms with van der Waals surface area (Å²) in [6.45, 7) is 5.69. The fraction of sp³-hybridized carbons (Fsp3) is 0.318. The largest absolute Gasteiger partial charge is 0.508 e. The van der Waals surface area contributed by atoms with E-state index in [1.165, 1.54) is 27.4 Å². The van der Waals surface area contributed by atoms with Crippen molar-refractivity contribution >= 4 is 12.0 Å². The number of aromatic hydroxyl groups is 1. The van der Waals surface area contributed by atoms with Crippen LogP contribution in [0.15, 0.2) is 30.3 Å². The Balaban J connectivity index is 2.24. The third-order valence-corrected chi connectivity index (χ3v) is 4.26. The zero-order valence-corrected chi connectivity index (χ0v) is 17.0. The van der Waals surface area contributed by atoms with Crippen LogP contribution in [0.3, 0.4) is 0 Å². The van der Waals surface area contributed by atoms with E-state index < -0.39 is 5.97 Å². The minimum absolute atomic E-state index is 0.104. The summed E-state index contributed by atoms with van der Waals surface area (Å²) in [5.74, 6) is 1.65. The molecule has 0 spiro atoms. The maximum Gasteiger partial charge on any atom is 0.336 e. The highest BCUT2D eigenvalue weighted by Crippen LogP contribution is 2.38. The monoisotopic (exact) mass is 386 g/mol. The van der Waals surface area contributed by atoms with E-state index in [4.69, 9.17) is 18.9 Å². The Morgan fingerprint density at radius 3 is 2.07 bits per heavy atom. The van der Waals surface area contributed by atoms with Gasteiger partial charge in [-0.3, -0.25) is 0 Å². The van der Waals surface area contributed by atoms with Crippen LogP contribution in [0.2, 0.25) is 0 Å². The van der Waals surface area contributed by atoms with Gasteiger partial charge in [0.05, 0.1) is 21.3 Å². The molecule has 0 radical (unpaired) electrons. The van der Waals surface area contributed by atoms with Gasteiger partial charge in [0, 0.05) is 11.6 Å². The van der Waals surface area contributed by atoms with Crippen molar-refractivity contribution in [3.8, 4) is 28.7 Å². The molecule has 0 heterocycles. The van der Waals surface area contributed by atoms with Crippen molar-refractivity contribution in [2.24, 2.45) is 0 Å². The maximum absolute atomic E-state index is 12.3. The van der Waals surface area contributed by atoms with E-state index in [-0.39, 0.29) is 11.7 Å². The Morgan fingerprint density at radius 2 is 1.57 bits per heavy atom. The quantitative estimate of drug-likeness (QED) is 0.430. The van der Waals surface area contributed by atoms with Gasteiger partial charge in [-0.25, -0.2) is 4.79 Å². The van der Waals surface area contributed by atoms with Crippen LogP contribution in [0.25, 0.3) is 6.08 Å². The lowest BCUT2D eigenvalue weighted by atomic mass is 10.00. The Kier molecular flexibility index (Phi) is 6.93. The molecule has 0 bridgehead atoms. The minimum Gasteiger partial charge on any atom is -0.508 e. The van der Waals surface area contributed by atoms with E-state index in [1.54, 1.807) is 37.3 Å². The number of rotatable bonds is 7. The van der Waals surface area contributed by atoms with Gasteiger partial charge in [-0.15, -0.1) is 0 Å². The van der Waals surface area contributed by atoms with E-state index >= 15 is 0 Å². The van der Waals surface area contributed by atoms with Crippen LogP contribution in [0.1, 0.15) is 36.5 Å². The van der Waals surface area contributed by atoms with Crippen molar-refractivity contribution in [2.45, 2.75) is 26.7 Å². The summed E-state index contributed by atoms with van der Waals surface area (Å²) in [5.41, 5.74) is 2.09. The van der Waals surface area contributed by atoms with Crippen LogP contribution in [-0.4, -0.2) is 32.4 Å². The molecule has 0 saturated heterocycles. The molecule has 0 aliphatic heterocycles. The first-order chi connectivity index (χ1) is 13.3. The highest BCUT2D eigenvalue weighted by atomic mass is 16.5. The first-order valence-electron chi connectivity index (χ1n) is 8.84. The van der Waals surface area contributed by atoms with Gasteiger partial charge in [0.2, 0.25) is 5.75 Å². The molecule has 6 nitrogen and oxygen atoms in total. The number of methoxy groups -OCH3 is 3. The number of phenols is 1. The Labute approximate surface area is 165 Å². The molecule has 0 fully saturated rings. The van der Waals surface area contributed by atoms with Gasteiger partial charge < -0.3 is 24.1 Å². The lowest BCUT2D eigenvalue weighted by molar-refractivity contribution is -0.128.